The second-order valence-electron chi connectivity index (χ2n) is 3.97. The van der Waals surface area contributed by atoms with E-state index in [1.807, 2.05) is 31.2 Å². The molecule has 0 aromatic heterocycles. The van der Waals surface area contributed by atoms with Crippen LogP contribution in [0.3, 0.4) is 0 Å². The van der Waals surface area contributed by atoms with Crippen molar-refractivity contribution in [1.82, 2.24) is 0 Å². The van der Waals surface area contributed by atoms with Gasteiger partial charge in [-0.05, 0) is 37.5 Å². The van der Waals surface area contributed by atoms with E-state index in [2.05, 4.69) is 5.32 Å². The molecule has 1 N–H and O–H groups in total. The molecule has 1 aliphatic rings. The molecule has 1 aliphatic carbocycles. The number of Topliss-reactive ketones (excluding diaryl/α,β-unsaturated/α-hetero) is 1. The third-order valence-corrected chi connectivity index (χ3v) is 3.20. The van der Waals surface area contributed by atoms with Gasteiger partial charge in [-0.25, -0.2) is 0 Å². The van der Waals surface area contributed by atoms with Crippen LogP contribution in [0.4, 0.5) is 5.69 Å². The Morgan fingerprint density at radius 2 is 2.19 bits per heavy atom. The first kappa shape index (κ1) is 11.2. The molecule has 0 unspecified atom stereocenters. The number of allylic oxidation sites excluding steroid dienone is 2. The third-order valence-electron chi connectivity index (χ3n) is 2.79. The van der Waals surface area contributed by atoms with Gasteiger partial charge in [0.15, 0.2) is 5.78 Å². The van der Waals surface area contributed by atoms with Crippen molar-refractivity contribution in [3.63, 3.8) is 0 Å². The minimum absolute atomic E-state index is 0.186. The van der Waals surface area contributed by atoms with Gasteiger partial charge in [-0.2, -0.15) is 0 Å². The van der Waals surface area contributed by atoms with Crippen LogP contribution >= 0.6 is 11.6 Å². The number of carbonyl (C=O) groups is 1. The quantitative estimate of drug-likeness (QED) is 0.847. The summed E-state index contributed by atoms with van der Waals surface area (Å²) >= 11 is 6.02. The number of nitrogens with one attached hydrogen (secondary N) is 1. The van der Waals surface area contributed by atoms with Gasteiger partial charge in [-0.1, -0.05) is 23.7 Å². The molecule has 0 amide bonds. The molecule has 84 valence electrons. The minimum atomic E-state index is 0.186. The molecule has 3 heteroatoms. The summed E-state index contributed by atoms with van der Waals surface area (Å²) in [5.74, 6) is 0.186. The highest BCUT2D eigenvalue weighted by Crippen LogP contribution is 2.25. The second kappa shape index (κ2) is 4.71. The summed E-state index contributed by atoms with van der Waals surface area (Å²) in [5, 5.41) is 3.88. The van der Waals surface area contributed by atoms with Gasteiger partial charge in [0, 0.05) is 17.1 Å². The Kier molecular flexibility index (Phi) is 3.30. The summed E-state index contributed by atoms with van der Waals surface area (Å²) in [7, 11) is 0. The van der Waals surface area contributed by atoms with E-state index in [0.29, 0.717) is 17.1 Å². The second-order valence-corrected chi connectivity index (χ2v) is 4.38. The molecule has 0 saturated carbocycles. The number of hydrogen-bond acceptors (Lipinski definition) is 2. The monoisotopic (exact) mass is 235 g/mol. The van der Waals surface area contributed by atoms with Crippen LogP contribution in [0.2, 0.25) is 5.02 Å². The number of hydrogen-bond donors (Lipinski definition) is 1. The van der Waals surface area contributed by atoms with E-state index >= 15 is 0 Å². The van der Waals surface area contributed by atoms with Crippen molar-refractivity contribution in [2.24, 2.45) is 0 Å². The lowest BCUT2D eigenvalue weighted by Gasteiger charge is -2.15. The lowest BCUT2D eigenvalue weighted by Crippen LogP contribution is -2.15. The molecular weight excluding hydrogens is 222 g/mol. The molecule has 0 spiro atoms. The average molecular weight is 236 g/mol. The zero-order chi connectivity index (χ0) is 11.5. The zero-order valence-electron chi connectivity index (χ0n) is 9.22. The van der Waals surface area contributed by atoms with E-state index < -0.39 is 0 Å². The number of anilines is 1. The number of benzene rings is 1. The highest BCUT2D eigenvalue weighted by Gasteiger charge is 2.14. The Bertz CT molecular complexity index is 451. The zero-order valence-corrected chi connectivity index (χ0v) is 9.97. The van der Waals surface area contributed by atoms with Crippen LogP contribution in [0.15, 0.2) is 30.0 Å². The molecule has 0 fully saturated rings. The highest BCUT2D eigenvalue weighted by molar-refractivity contribution is 6.31. The average Bonchev–Trinajstić information content (AvgIpc) is 2.28. The largest absolute Gasteiger partial charge is 0.353 e. The van der Waals surface area contributed by atoms with Crippen LogP contribution in [0.25, 0.3) is 0 Å². The maximum absolute atomic E-state index is 11.6. The fraction of sp³-hybridized carbons (Fsp3) is 0.308. The van der Waals surface area contributed by atoms with E-state index in [9.17, 15) is 4.79 Å². The van der Waals surface area contributed by atoms with Crippen LogP contribution in [-0.4, -0.2) is 5.78 Å². The van der Waals surface area contributed by atoms with Crippen LogP contribution in [0.1, 0.15) is 24.8 Å². The smallest absolute Gasteiger partial charge is 0.178 e. The van der Waals surface area contributed by atoms with E-state index in [0.717, 1.165) is 24.1 Å². The molecule has 0 radical (unpaired) electrons. The van der Waals surface area contributed by atoms with E-state index in [-0.39, 0.29) is 5.78 Å². The van der Waals surface area contributed by atoms with Gasteiger partial charge >= 0.3 is 0 Å². The van der Waals surface area contributed by atoms with Crippen molar-refractivity contribution in [2.75, 3.05) is 5.32 Å². The number of ketones is 1. The molecule has 2 rings (SSSR count). The summed E-state index contributed by atoms with van der Waals surface area (Å²) in [5.41, 5.74) is 2.59. The summed E-state index contributed by atoms with van der Waals surface area (Å²) in [6.07, 6.45) is 4.52. The Morgan fingerprint density at radius 3 is 2.94 bits per heavy atom. The van der Waals surface area contributed by atoms with Crippen LogP contribution < -0.4 is 5.32 Å². The lowest BCUT2D eigenvalue weighted by molar-refractivity contribution is -0.115. The molecule has 16 heavy (non-hydrogen) atoms. The molecule has 0 aliphatic heterocycles. The predicted octanol–water partition coefficient (Wildman–Crippen LogP) is 3.70. The summed E-state index contributed by atoms with van der Waals surface area (Å²) in [6, 6.07) is 5.66. The maximum Gasteiger partial charge on any atom is 0.178 e. The Morgan fingerprint density at radius 1 is 1.38 bits per heavy atom. The molecule has 1 aromatic carbocycles. The minimum Gasteiger partial charge on any atom is -0.353 e. The number of carbonyl (C=O) groups excluding carboxylic acids is 1. The van der Waals surface area contributed by atoms with Gasteiger partial charge in [0.05, 0.1) is 5.70 Å². The van der Waals surface area contributed by atoms with Crippen molar-refractivity contribution < 1.29 is 4.79 Å². The first-order valence-corrected chi connectivity index (χ1v) is 5.82. The van der Waals surface area contributed by atoms with Crippen molar-refractivity contribution in [3.8, 4) is 0 Å². The first-order valence-electron chi connectivity index (χ1n) is 5.44. The van der Waals surface area contributed by atoms with Crippen LogP contribution in [0, 0.1) is 6.92 Å². The summed E-state index contributed by atoms with van der Waals surface area (Å²) in [6.45, 7) is 1.94. The fourth-order valence-corrected chi connectivity index (χ4v) is 1.94. The number of halogens is 1. The topological polar surface area (TPSA) is 29.1 Å². The molecule has 2 nitrogen and oxygen atoms in total. The van der Waals surface area contributed by atoms with Gasteiger partial charge in [-0.3, -0.25) is 4.79 Å². The van der Waals surface area contributed by atoms with E-state index in [1.54, 1.807) is 0 Å². The van der Waals surface area contributed by atoms with E-state index in [1.165, 1.54) is 0 Å². The van der Waals surface area contributed by atoms with Crippen molar-refractivity contribution in [1.29, 1.82) is 0 Å². The molecular formula is C13H14ClNO. The lowest BCUT2D eigenvalue weighted by atomic mass is 10.0. The third kappa shape index (κ3) is 2.27. The van der Waals surface area contributed by atoms with Gasteiger partial charge < -0.3 is 5.32 Å². The highest BCUT2D eigenvalue weighted by atomic mass is 35.5. The molecule has 0 saturated heterocycles. The van der Waals surface area contributed by atoms with Crippen LogP contribution in [-0.2, 0) is 4.79 Å². The number of rotatable bonds is 2. The van der Waals surface area contributed by atoms with Crippen LogP contribution in [0.5, 0.6) is 0 Å². The van der Waals surface area contributed by atoms with E-state index in [4.69, 9.17) is 11.6 Å². The summed E-state index contributed by atoms with van der Waals surface area (Å²) in [4.78, 5) is 11.6. The van der Waals surface area contributed by atoms with Crippen molar-refractivity contribution in [3.05, 3.63) is 40.6 Å². The fourth-order valence-electron chi connectivity index (χ4n) is 1.77. The standard InChI is InChI=1S/C13H14ClNO/c1-9-10(14)5-4-7-11(9)15-12-6-2-3-8-13(12)16/h4-7,15H,2-3,8H2,1H3. The van der Waals surface area contributed by atoms with Gasteiger partial charge in [0.25, 0.3) is 0 Å². The molecule has 0 heterocycles. The van der Waals surface area contributed by atoms with Gasteiger partial charge in [0.2, 0.25) is 0 Å². The Balaban J connectivity index is 2.24. The first-order chi connectivity index (χ1) is 7.68. The molecule has 1 aromatic rings. The SMILES string of the molecule is Cc1c(Cl)cccc1NC1=CCCCC1=O. The maximum atomic E-state index is 11.6. The van der Waals surface area contributed by atoms with Gasteiger partial charge in [0.1, 0.15) is 0 Å². The molecule has 0 bridgehead atoms. The van der Waals surface area contributed by atoms with Gasteiger partial charge in [-0.15, -0.1) is 0 Å². The molecule has 0 atom stereocenters. The van der Waals surface area contributed by atoms with Crippen molar-refractivity contribution >= 4 is 23.1 Å². The summed E-state index contributed by atoms with van der Waals surface area (Å²) < 4.78 is 0. The van der Waals surface area contributed by atoms with Crippen molar-refractivity contribution in [2.45, 2.75) is 26.2 Å². The normalized spacial score (nSPS) is 15.9. The Labute approximate surface area is 100 Å². The predicted molar refractivity (Wildman–Crippen MR) is 66.8 cm³/mol. The Hall–Kier alpha value is -1.28.